The summed E-state index contributed by atoms with van der Waals surface area (Å²) in [6, 6.07) is 17.0. The number of phenolic OH excluding ortho intramolecular Hbond substituents is 2. The molecule has 2 saturated heterocycles. The van der Waals surface area contributed by atoms with Crippen LogP contribution in [0.3, 0.4) is 0 Å². The normalized spacial score (nSPS) is 18.5. The zero-order chi connectivity index (χ0) is 38.1. The highest BCUT2D eigenvalue weighted by atomic mass is 35.5. The highest BCUT2D eigenvalue weighted by molar-refractivity contribution is 6.36. The number of aromatic nitrogens is 2. The average molecular weight is 750 g/mol. The molecule has 12 nitrogen and oxygen atoms in total. The molecule has 4 aromatic rings. The van der Waals surface area contributed by atoms with Crippen LogP contribution < -0.4 is 14.5 Å². The molecular formula is C41H44ClN7O5. The Morgan fingerprint density at radius 2 is 1.85 bits per heavy atom. The monoisotopic (exact) mass is 749 g/mol. The molecule has 2 unspecified atom stereocenters. The van der Waals surface area contributed by atoms with Crippen molar-refractivity contribution < 1.29 is 24.5 Å². The predicted molar refractivity (Wildman–Crippen MR) is 207 cm³/mol. The van der Waals surface area contributed by atoms with Crippen LogP contribution >= 0.6 is 11.6 Å². The van der Waals surface area contributed by atoms with Crippen LogP contribution in [-0.2, 0) is 17.8 Å². The smallest absolute Gasteiger partial charge is 0.318 e. The molecule has 2 atom stereocenters. The van der Waals surface area contributed by atoms with Gasteiger partial charge in [-0.15, -0.1) is 0 Å². The number of benzene rings is 3. The number of halogens is 1. The summed E-state index contributed by atoms with van der Waals surface area (Å²) in [6.45, 7) is 11.3. The molecule has 4 heterocycles. The molecule has 280 valence electrons. The molecule has 0 spiro atoms. The van der Waals surface area contributed by atoms with Crippen molar-refractivity contribution >= 4 is 45.7 Å². The molecule has 13 heteroatoms. The van der Waals surface area contributed by atoms with Gasteiger partial charge in [0.2, 0.25) is 5.91 Å². The Kier molecular flexibility index (Phi) is 10.5. The minimum atomic E-state index is -0.325. The molecule has 3 aromatic carbocycles. The first-order valence-electron chi connectivity index (χ1n) is 18.4. The van der Waals surface area contributed by atoms with Gasteiger partial charge in [-0.25, -0.2) is 0 Å². The van der Waals surface area contributed by atoms with E-state index in [9.17, 15) is 25.1 Å². The van der Waals surface area contributed by atoms with Crippen molar-refractivity contribution in [3.63, 3.8) is 0 Å². The molecule has 2 N–H and O–H groups in total. The van der Waals surface area contributed by atoms with E-state index in [2.05, 4.69) is 40.6 Å². The highest BCUT2D eigenvalue weighted by Crippen LogP contribution is 2.38. The fourth-order valence-electron chi connectivity index (χ4n) is 7.94. The number of carbonyl (C=O) groups excluding carboxylic acids is 2. The quantitative estimate of drug-likeness (QED) is 0.194. The number of phenols is 2. The molecule has 2 fully saturated rings. The van der Waals surface area contributed by atoms with E-state index in [0.717, 1.165) is 33.5 Å². The number of rotatable bonds is 9. The molecule has 7 rings (SSSR count). The van der Waals surface area contributed by atoms with Crippen LogP contribution in [0.1, 0.15) is 59.8 Å². The Balaban J connectivity index is 1.14. The standard InChI is InChI=1S/C41H44ClN7O5/c1-4-37(52)49-18-17-47(22-28(49)11-14-43)39-29-13-16-46(34-10-6-8-27-7-5-9-32(42)38(27)34)23-33(29)44-41(45-39)54-24-26-12-15-48(21-26)40(53)31-19-30(25(2)3)35(50)20-36(31)51/h4-10,19-20,25-26,28,50-51H,1,11-13,15-18,21-24H2,2-3H3. The molecule has 0 saturated carbocycles. The SMILES string of the molecule is C=CC(=O)N1CCN(c2nc(OCC3CCN(C(=O)c4cc(C(C)C)c(O)cc4O)C3)nc3c2CCN(c2cccc4cccc(Cl)c24)C3)CC1CC#N. The van der Waals surface area contributed by atoms with Crippen LogP contribution in [0.2, 0.25) is 5.02 Å². The number of likely N-dealkylation sites (tertiary alicyclic amines) is 1. The van der Waals surface area contributed by atoms with E-state index in [1.165, 1.54) is 12.1 Å². The summed E-state index contributed by atoms with van der Waals surface area (Å²) in [6.07, 6.45) is 2.84. The molecule has 0 aliphatic carbocycles. The maximum absolute atomic E-state index is 13.5. The number of aromatic hydroxyl groups is 2. The Bertz CT molecular complexity index is 2150. The van der Waals surface area contributed by atoms with E-state index in [4.69, 9.17) is 26.3 Å². The third-order valence-corrected chi connectivity index (χ3v) is 11.1. The Morgan fingerprint density at radius 3 is 2.61 bits per heavy atom. The number of hydrogen-bond donors (Lipinski definition) is 2. The summed E-state index contributed by atoms with van der Waals surface area (Å²) in [4.78, 5) is 43.9. The van der Waals surface area contributed by atoms with E-state index in [0.29, 0.717) is 69.2 Å². The van der Waals surface area contributed by atoms with Crippen LogP contribution in [0.5, 0.6) is 17.5 Å². The number of carbonyl (C=O) groups is 2. The summed E-state index contributed by atoms with van der Waals surface area (Å²) < 4.78 is 6.35. The van der Waals surface area contributed by atoms with Crippen LogP contribution in [0.15, 0.2) is 61.2 Å². The van der Waals surface area contributed by atoms with Gasteiger partial charge < -0.3 is 34.5 Å². The Labute approximate surface area is 319 Å². The summed E-state index contributed by atoms with van der Waals surface area (Å²) in [5.41, 5.74) is 3.63. The summed E-state index contributed by atoms with van der Waals surface area (Å²) in [7, 11) is 0. The van der Waals surface area contributed by atoms with Crippen molar-refractivity contribution in [2.75, 3.05) is 55.7 Å². The van der Waals surface area contributed by atoms with Crippen molar-refractivity contribution in [2.24, 2.45) is 5.92 Å². The van der Waals surface area contributed by atoms with Crippen LogP contribution in [0, 0.1) is 17.2 Å². The first-order valence-corrected chi connectivity index (χ1v) is 18.8. The second kappa shape index (κ2) is 15.4. The summed E-state index contributed by atoms with van der Waals surface area (Å²) >= 11 is 6.74. The molecule has 3 aliphatic heterocycles. The number of nitrogens with zero attached hydrogens (tertiary/aromatic N) is 7. The highest BCUT2D eigenvalue weighted by Gasteiger charge is 2.34. The fourth-order valence-corrected chi connectivity index (χ4v) is 8.22. The Hall–Kier alpha value is -5.54. The van der Waals surface area contributed by atoms with Gasteiger partial charge in [0.05, 0.1) is 48.0 Å². The number of ether oxygens (including phenoxy) is 1. The van der Waals surface area contributed by atoms with E-state index >= 15 is 0 Å². The number of piperazine rings is 1. The first kappa shape index (κ1) is 36.8. The van der Waals surface area contributed by atoms with Crippen molar-refractivity contribution in [3.8, 4) is 23.6 Å². The van der Waals surface area contributed by atoms with Gasteiger partial charge >= 0.3 is 6.01 Å². The number of amides is 2. The van der Waals surface area contributed by atoms with Gasteiger partial charge in [-0.1, -0.05) is 56.3 Å². The largest absolute Gasteiger partial charge is 0.508 e. The van der Waals surface area contributed by atoms with Crippen molar-refractivity contribution in [2.45, 2.75) is 51.6 Å². The Morgan fingerprint density at radius 1 is 1.06 bits per heavy atom. The van der Waals surface area contributed by atoms with E-state index in [-0.39, 0.29) is 65.8 Å². The third-order valence-electron chi connectivity index (χ3n) is 10.8. The van der Waals surface area contributed by atoms with Crippen molar-refractivity contribution in [1.82, 2.24) is 19.8 Å². The number of hydrogen-bond acceptors (Lipinski definition) is 10. The van der Waals surface area contributed by atoms with Crippen molar-refractivity contribution in [3.05, 3.63) is 88.6 Å². The van der Waals surface area contributed by atoms with Crippen LogP contribution in [0.4, 0.5) is 11.5 Å². The molecule has 1 aromatic heterocycles. The lowest BCUT2D eigenvalue weighted by molar-refractivity contribution is -0.128. The van der Waals surface area contributed by atoms with E-state index < -0.39 is 0 Å². The second-order valence-corrected chi connectivity index (χ2v) is 14.9. The number of fused-ring (bicyclic) bond motifs is 2. The molecular weight excluding hydrogens is 706 g/mol. The van der Waals surface area contributed by atoms with Crippen LogP contribution in [0.25, 0.3) is 10.8 Å². The fraction of sp³-hybridized carbons (Fsp3) is 0.390. The summed E-state index contributed by atoms with van der Waals surface area (Å²) in [5, 5.41) is 33.2. The molecule has 2 amide bonds. The van der Waals surface area contributed by atoms with E-state index in [1.54, 1.807) is 15.9 Å². The summed E-state index contributed by atoms with van der Waals surface area (Å²) in [5.74, 6) is -0.0473. The van der Waals surface area contributed by atoms with Gasteiger partial charge in [0, 0.05) is 67.9 Å². The zero-order valence-electron chi connectivity index (χ0n) is 30.5. The van der Waals surface area contributed by atoms with Gasteiger partial charge in [-0.2, -0.15) is 15.2 Å². The maximum atomic E-state index is 13.5. The van der Waals surface area contributed by atoms with E-state index in [1.807, 2.05) is 32.0 Å². The average Bonchev–Trinajstić information content (AvgIpc) is 3.65. The van der Waals surface area contributed by atoms with Gasteiger partial charge in [-0.05, 0) is 54.0 Å². The lowest BCUT2D eigenvalue weighted by Crippen LogP contribution is -2.55. The first-order chi connectivity index (χ1) is 26.1. The predicted octanol–water partition coefficient (Wildman–Crippen LogP) is 6.04. The molecule has 54 heavy (non-hydrogen) atoms. The van der Waals surface area contributed by atoms with Gasteiger partial charge in [0.25, 0.3) is 5.91 Å². The van der Waals surface area contributed by atoms with Gasteiger partial charge in [-0.3, -0.25) is 9.59 Å². The molecule has 3 aliphatic rings. The van der Waals surface area contributed by atoms with Crippen molar-refractivity contribution in [1.29, 1.82) is 5.26 Å². The van der Waals surface area contributed by atoms with Crippen LogP contribution in [-0.4, -0.2) is 93.7 Å². The lowest BCUT2D eigenvalue weighted by atomic mass is 9.98. The molecule has 0 bridgehead atoms. The van der Waals surface area contributed by atoms with Gasteiger partial charge in [0.1, 0.15) is 17.3 Å². The minimum Gasteiger partial charge on any atom is -0.508 e. The van der Waals surface area contributed by atoms with Gasteiger partial charge in [0.15, 0.2) is 0 Å². The maximum Gasteiger partial charge on any atom is 0.318 e. The third kappa shape index (κ3) is 7.20. The molecule has 0 radical (unpaired) electrons. The topological polar surface area (TPSA) is 146 Å². The zero-order valence-corrected chi connectivity index (χ0v) is 31.3. The number of anilines is 2. The lowest BCUT2D eigenvalue weighted by Gasteiger charge is -2.42. The number of nitriles is 1. The minimum absolute atomic E-state index is 0.00338. The second-order valence-electron chi connectivity index (χ2n) is 14.5.